The average Bonchev–Trinajstić information content (AvgIpc) is 3.22. The summed E-state index contributed by atoms with van der Waals surface area (Å²) in [7, 11) is 1.88. The number of aromatic nitrogens is 3. The van der Waals surface area contributed by atoms with Gasteiger partial charge in [-0.2, -0.15) is 5.26 Å². The van der Waals surface area contributed by atoms with E-state index >= 15 is 0 Å². The Morgan fingerprint density at radius 1 is 1.24 bits per heavy atom. The topological polar surface area (TPSA) is 63.6 Å². The number of halogens is 1. The first-order valence-corrected chi connectivity index (χ1v) is 10.3. The van der Waals surface area contributed by atoms with Crippen molar-refractivity contribution in [3.8, 4) is 6.07 Å². The third-order valence-corrected chi connectivity index (χ3v) is 6.11. The van der Waals surface area contributed by atoms with Crippen molar-refractivity contribution >= 4 is 45.6 Å². The highest BCUT2D eigenvalue weighted by atomic mass is 35.5. The monoisotopic (exact) mass is 420 g/mol. The van der Waals surface area contributed by atoms with Crippen LogP contribution in [0.15, 0.2) is 53.3 Å². The van der Waals surface area contributed by atoms with Crippen molar-refractivity contribution in [2.75, 3.05) is 0 Å². The summed E-state index contributed by atoms with van der Waals surface area (Å²) in [5.74, 6) is 0.551. The molecule has 2 aromatic carbocycles. The zero-order valence-electron chi connectivity index (χ0n) is 15.9. The van der Waals surface area contributed by atoms with Crippen LogP contribution in [0.2, 0.25) is 5.02 Å². The molecule has 0 amide bonds. The van der Waals surface area contributed by atoms with Gasteiger partial charge in [-0.15, -0.1) is 11.3 Å². The number of nitriles is 1. The molecule has 144 valence electrons. The van der Waals surface area contributed by atoms with E-state index in [0.29, 0.717) is 32.2 Å². The van der Waals surface area contributed by atoms with Gasteiger partial charge >= 0.3 is 0 Å². The minimum absolute atomic E-state index is 0.117. The van der Waals surface area contributed by atoms with E-state index in [2.05, 4.69) is 11.1 Å². The van der Waals surface area contributed by atoms with Crippen LogP contribution in [0.1, 0.15) is 18.3 Å². The van der Waals surface area contributed by atoms with E-state index < -0.39 is 0 Å². The van der Waals surface area contributed by atoms with Gasteiger partial charge in [-0.1, -0.05) is 35.9 Å². The molecule has 0 atom stereocenters. The molecule has 4 rings (SSSR count). The molecule has 0 aliphatic carbocycles. The summed E-state index contributed by atoms with van der Waals surface area (Å²) >= 11 is 7.25. The van der Waals surface area contributed by atoms with Crippen LogP contribution >= 0.6 is 22.9 Å². The second kappa shape index (κ2) is 7.70. The maximum atomic E-state index is 13.0. The van der Waals surface area contributed by atoms with Gasteiger partial charge in [0.05, 0.1) is 15.6 Å². The Balaban J connectivity index is 2.03. The molecule has 0 saturated carbocycles. The number of thiazole rings is 1. The fourth-order valence-corrected chi connectivity index (χ4v) is 4.55. The Bertz CT molecular complexity index is 1440. The molecule has 0 unspecified atom stereocenters. The summed E-state index contributed by atoms with van der Waals surface area (Å²) in [4.78, 5) is 17.6. The molecule has 0 N–H and O–H groups in total. The van der Waals surface area contributed by atoms with Crippen molar-refractivity contribution in [2.45, 2.75) is 13.5 Å². The van der Waals surface area contributed by atoms with Crippen molar-refractivity contribution in [3.63, 3.8) is 0 Å². The first-order chi connectivity index (χ1) is 14.0. The summed E-state index contributed by atoms with van der Waals surface area (Å²) in [6.07, 6.45) is 1.82. The molecule has 0 radical (unpaired) electrons. The molecule has 0 aliphatic rings. The van der Waals surface area contributed by atoms with Gasteiger partial charge in [0.25, 0.3) is 5.56 Å². The Hall–Kier alpha value is -3.14. The van der Waals surface area contributed by atoms with Crippen LogP contribution in [0.5, 0.6) is 0 Å². The van der Waals surface area contributed by atoms with E-state index in [-0.39, 0.29) is 5.56 Å². The summed E-state index contributed by atoms with van der Waals surface area (Å²) < 4.78 is 4.69. The largest absolute Gasteiger partial charge is 0.326 e. The lowest BCUT2D eigenvalue weighted by Crippen LogP contribution is -2.31. The lowest BCUT2D eigenvalue weighted by atomic mass is 10.2. The molecular weight excluding hydrogens is 404 g/mol. The highest BCUT2D eigenvalue weighted by Crippen LogP contribution is 2.18. The maximum Gasteiger partial charge on any atom is 0.269 e. The predicted molar refractivity (Wildman–Crippen MR) is 117 cm³/mol. The Morgan fingerprint density at radius 3 is 2.62 bits per heavy atom. The summed E-state index contributed by atoms with van der Waals surface area (Å²) in [5.41, 5.74) is 2.90. The van der Waals surface area contributed by atoms with Crippen molar-refractivity contribution in [3.05, 3.63) is 84.5 Å². The van der Waals surface area contributed by atoms with E-state index in [1.54, 1.807) is 16.7 Å². The minimum Gasteiger partial charge on any atom is -0.326 e. The van der Waals surface area contributed by atoms with Gasteiger partial charge in [-0.05, 0) is 42.8 Å². The molecule has 0 aliphatic heterocycles. The van der Waals surface area contributed by atoms with E-state index in [0.717, 1.165) is 16.6 Å². The van der Waals surface area contributed by atoms with Gasteiger partial charge in [0, 0.05) is 18.6 Å². The van der Waals surface area contributed by atoms with E-state index in [1.165, 1.54) is 11.3 Å². The SMILES string of the molecule is CCn1c(=O)/c(=C\c2ccc(Cl)cc2)s/c1=C(/C#N)c1nc2ccccc2n1C. The normalized spacial score (nSPS) is 13.0. The highest BCUT2D eigenvalue weighted by molar-refractivity contribution is 7.07. The van der Waals surface area contributed by atoms with Gasteiger partial charge in [0.1, 0.15) is 16.3 Å². The first-order valence-electron chi connectivity index (χ1n) is 9.06. The molecule has 0 bridgehead atoms. The van der Waals surface area contributed by atoms with E-state index in [9.17, 15) is 10.1 Å². The van der Waals surface area contributed by atoms with Crippen LogP contribution in [0.3, 0.4) is 0 Å². The predicted octanol–water partition coefficient (Wildman–Crippen LogP) is 3.02. The Kier molecular flexibility index (Phi) is 5.10. The second-order valence-electron chi connectivity index (χ2n) is 6.49. The Morgan fingerprint density at radius 2 is 1.97 bits per heavy atom. The zero-order chi connectivity index (χ0) is 20.5. The molecule has 2 heterocycles. The Labute approximate surface area is 176 Å². The standard InChI is InChI=1S/C22H17ClN4OS/c1-3-27-21(28)19(12-14-8-10-15(23)11-9-14)29-22(27)16(13-24)20-25-17-6-4-5-7-18(17)26(20)2/h4-12H,3H2,1-2H3/b19-12+,22-16-. The summed E-state index contributed by atoms with van der Waals surface area (Å²) in [6.45, 7) is 2.36. The fraction of sp³-hybridized carbons (Fsp3) is 0.136. The van der Waals surface area contributed by atoms with Crippen molar-refractivity contribution < 1.29 is 0 Å². The van der Waals surface area contributed by atoms with Crippen molar-refractivity contribution in [2.24, 2.45) is 7.05 Å². The maximum absolute atomic E-state index is 13.0. The van der Waals surface area contributed by atoms with Crippen LogP contribution in [0.4, 0.5) is 0 Å². The van der Waals surface area contributed by atoms with Crippen LogP contribution < -0.4 is 14.8 Å². The minimum atomic E-state index is -0.117. The number of imidazole rings is 1. The third-order valence-electron chi connectivity index (χ3n) is 4.73. The molecule has 4 aromatic rings. The van der Waals surface area contributed by atoms with Crippen molar-refractivity contribution in [1.29, 1.82) is 5.26 Å². The van der Waals surface area contributed by atoms with Crippen LogP contribution in [0, 0.1) is 11.3 Å². The molecule has 0 saturated heterocycles. The van der Waals surface area contributed by atoms with Gasteiger partial charge in [0.2, 0.25) is 0 Å². The molecule has 0 fully saturated rings. The number of aryl methyl sites for hydroxylation is 1. The molecule has 5 nitrogen and oxygen atoms in total. The highest BCUT2D eigenvalue weighted by Gasteiger charge is 2.16. The number of fused-ring (bicyclic) bond motifs is 1. The van der Waals surface area contributed by atoms with E-state index in [4.69, 9.17) is 11.6 Å². The second-order valence-corrected chi connectivity index (χ2v) is 7.95. The number of rotatable bonds is 3. The number of para-hydroxylation sites is 2. The molecule has 29 heavy (non-hydrogen) atoms. The molecule has 2 aromatic heterocycles. The van der Waals surface area contributed by atoms with Crippen LogP contribution in [-0.2, 0) is 13.6 Å². The van der Waals surface area contributed by atoms with Gasteiger partial charge < -0.3 is 4.57 Å². The van der Waals surface area contributed by atoms with E-state index in [1.807, 2.05) is 61.0 Å². The summed E-state index contributed by atoms with van der Waals surface area (Å²) in [5, 5.41) is 10.6. The zero-order valence-corrected chi connectivity index (χ0v) is 17.5. The lowest BCUT2D eigenvalue weighted by Gasteiger charge is -2.01. The lowest BCUT2D eigenvalue weighted by molar-refractivity contribution is 0.720. The number of benzene rings is 2. The van der Waals surface area contributed by atoms with Gasteiger partial charge in [0.15, 0.2) is 5.82 Å². The smallest absolute Gasteiger partial charge is 0.269 e. The van der Waals surface area contributed by atoms with Gasteiger partial charge in [-0.3, -0.25) is 9.36 Å². The van der Waals surface area contributed by atoms with Gasteiger partial charge in [-0.25, -0.2) is 4.98 Å². The molecule has 7 heteroatoms. The molecular formula is C22H17ClN4OS. The van der Waals surface area contributed by atoms with Crippen LogP contribution in [0.25, 0.3) is 22.7 Å². The number of hydrogen-bond acceptors (Lipinski definition) is 4. The molecule has 0 spiro atoms. The van der Waals surface area contributed by atoms with Crippen LogP contribution in [-0.4, -0.2) is 14.1 Å². The average molecular weight is 421 g/mol. The van der Waals surface area contributed by atoms with Crippen molar-refractivity contribution in [1.82, 2.24) is 14.1 Å². The third kappa shape index (κ3) is 3.39. The number of nitrogens with zero attached hydrogens (tertiary/aromatic N) is 4. The fourth-order valence-electron chi connectivity index (χ4n) is 3.27. The quantitative estimate of drug-likeness (QED) is 0.511. The number of hydrogen-bond donors (Lipinski definition) is 0. The first kappa shape index (κ1) is 19.2. The summed E-state index contributed by atoms with van der Waals surface area (Å²) in [6, 6.07) is 17.3.